The molecule has 4 N–H and O–H groups in total. The van der Waals surface area contributed by atoms with Crippen molar-refractivity contribution >= 4 is 28.3 Å². The van der Waals surface area contributed by atoms with Crippen LogP contribution < -0.4 is 16.3 Å². The number of anilines is 1. The van der Waals surface area contributed by atoms with Crippen molar-refractivity contribution in [1.29, 1.82) is 0 Å². The number of carbonyl (C=O) groups excluding carboxylic acids is 2. The summed E-state index contributed by atoms with van der Waals surface area (Å²) < 4.78 is 0. The quantitative estimate of drug-likeness (QED) is 0.272. The molecule has 0 aliphatic carbocycles. The molecule has 6 heteroatoms. The Balaban J connectivity index is 1.85. The van der Waals surface area contributed by atoms with Crippen LogP contribution in [0.4, 0.5) is 5.69 Å². The zero-order chi connectivity index (χ0) is 19.2. The highest BCUT2D eigenvalue weighted by atomic mass is 16.5. The van der Waals surface area contributed by atoms with Gasteiger partial charge in [-0.3, -0.25) is 14.8 Å². The lowest BCUT2D eigenvalue weighted by molar-refractivity contribution is -0.133. The van der Waals surface area contributed by atoms with Gasteiger partial charge >= 0.3 is 0 Å². The van der Waals surface area contributed by atoms with Gasteiger partial charge in [-0.2, -0.15) is 0 Å². The van der Waals surface area contributed by atoms with E-state index >= 15 is 0 Å². The van der Waals surface area contributed by atoms with Crippen molar-refractivity contribution in [3.8, 4) is 0 Å². The van der Waals surface area contributed by atoms with Crippen molar-refractivity contribution in [2.45, 2.75) is 12.8 Å². The van der Waals surface area contributed by atoms with E-state index in [1.165, 1.54) is 0 Å². The number of hydrogen-bond donors (Lipinski definition) is 3. The van der Waals surface area contributed by atoms with Crippen LogP contribution in [-0.4, -0.2) is 17.0 Å². The number of benzene rings is 3. The molecule has 0 radical (unpaired) electrons. The summed E-state index contributed by atoms with van der Waals surface area (Å²) in [5.41, 5.74) is 3.05. The molecule has 0 fully saturated rings. The zero-order valence-corrected chi connectivity index (χ0v) is 14.7. The summed E-state index contributed by atoms with van der Waals surface area (Å²) in [4.78, 5) is 24.6. The molecule has 0 saturated heterocycles. The maximum atomic E-state index is 12.9. The molecule has 3 aromatic rings. The number of rotatable bonds is 6. The summed E-state index contributed by atoms with van der Waals surface area (Å²) in [6.45, 7) is 0. The third-order valence-corrected chi connectivity index (χ3v) is 4.47. The molecule has 0 aliphatic rings. The standard InChI is InChI=1S/C21H21N3O3/c22-24(19-8-2-1-3-9-19)21(26)18(14-20(25)23-27)13-15-10-11-16-6-4-5-7-17(16)12-15/h1-12,18,27H,13-14,22H2,(H,23,25)/t18-/m1/s1. The van der Waals surface area contributed by atoms with Gasteiger partial charge in [-0.05, 0) is 34.9 Å². The normalized spacial score (nSPS) is 11.8. The van der Waals surface area contributed by atoms with Crippen LogP contribution >= 0.6 is 0 Å². The maximum absolute atomic E-state index is 12.9. The molecule has 0 aromatic heterocycles. The van der Waals surface area contributed by atoms with Crippen LogP contribution in [0, 0.1) is 5.92 Å². The molecule has 0 aliphatic heterocycles. The molecule has 2 amide bonds. The highest BCUT2D eigenvalue weighted by Gasteiger charge is 2.26. The molecular weight excluding hydrogens is 342 g/mol. The lowest BCUT2D eigenvalue weighted by Gasteiger charge is -2.23. The zero-order valence-electron chi connectivity index (χ0n) is 14.7. The van der Waals surface area contributed by atoms with Crippen LogP contribution in [0.15, 0.2) is 72.8 Å². The fraction of sp³-hybridized carbons (Fsp3) is 0.143. The molecule has 6 nitrogen and oxygen atoms in total. The number of hydrazine groups is 1. The first kappa shape index (κ1) is 18.6. The Morgan fingerprint density at radius 1 is 0.963 bits per heavy atom. The number of nitrogens with zero attached hydrogens (tertiary/aromatic N) is 1. The van der Waals surface area contributed by atoms with Gasteiger partial charge in [0.15, 0.2) is 0 Å². The second-order valence-electron chi connectivity index (χ2n) is 6.37. The fourth-order valence-corrected chi connectivity index (χ4v) is 3.08. The van der Waals surface area contributed by atoms with E-state index in [9.17, 15) is 9.59 Å². The number of amides is 2. The molecule has 3 aromatic carbocycles. The fourth-order valence-electron chi connectivity index (χ4n) is 3.08. The van der Waals surface area contributed by atoms with E-state index in [1.54, 1.807) is 29.7 Å². The van der Waals surface area contributed by atoms with Crippen LogP contribution in [0.25, 0.3) is 10.8 Å². The molecule has 138 valence electrons. The minimum Gasteiger partial charge on any atom is -0.289 e. The summed E-state index contributed by atoms with van der Waals surface area (Å²) in [5, 5.41) is 12.1. The van der Waals surface area contributed by atoms with Crippen LogP contribution in [-0.2, 0) is 16.0 Å². The highest BCUT2D eigenvalue weighted by molar-refractivity contribution is 5.96. The van der Waals surface area contributed by atoms with Gasteiger partial charge in [-0.25, -0.2) is 16.3 Å². The first-order chi connectivity index (χ1) is 13.1. The third kappa shape index (κ3) is 4.49. The topological polar surface area (TPSA) is 95.7 Å². The molecule has 0 spiro atoms. The number of carbonyl (C=O) groups is 2. The molecule has 0 unspecified atom stereocenters. The lowest BCUT2D eigenvalue weighted by atomic mass is 9.93. The lowest BCUT2D eigenvalue weighted by Crippen LogP contribution is -2.43. The van der Waals surface area contributed by atoms with Crippen LogP contribution in [0.5, 0.6) is 0 Å². The summed E-state index contributed by atoms with van der Waals surface area (Å²) in [6, 6.07) is 22.7. The van der Waals surface area contributed by atoms with E-state index in [0.29, 0.717) is 12.1 Å². The predicted molar refractivity (Wildman–Crippen MR) is 104 cm³/mol. The van der Waals surface area contributed by atoms with Crippen LogP contribution in [0.3, 0.4) is 0 Å². The number of nitrogens with two attached hydrogens (primary N) is 1. The second kappa shape index (κ2) is 8.44. The van der Waals surface area contributed by atoms with Crippen LogP contribution in [0.2, 0.25) is 0 Å². The van der Waals surface area contributed by atoms with Gasteiger partial charge in [-0.15, -0.1) is 0 Å². The number of fused-ring (bicyclic) bond motifs is 1. The summed E-state index contributed by atoms with van der Waals surface area (Å²) in [7, 11) is 0. The molecule has 1 atom stereocenters. The number of para-hydroxylation sites is 1. The average Bonchev–Trinajstić information content (AvgIpc) is 2.72. The van der Waals surface area contributed by atoms with Crippen LogP contribution in [0.1, 0.15) is 12.0 Å². The van der Waals surface area contributed by atoms with Gasteiger partial charge in [0.25, 0.3) is 0 Å². The molecule has 0 saturated carbocycles. The Kier molecular flexibility index (Phi) is 5.80. The molecule has 27 heavy (non-hydrogen) atoms. The predicted octanol–water partition coefficient (Wildman–Crippen LogP) is 2.80. The Hall–Kier alpha value is -3.22. The first-order valence-corrected chi connectivity index (χ1v) is 8.63. The number of hydrogen-bond acceptors (Lipinski definition) is 4. The summed E-state index contributed by atoms with van der Waals surface area (Å²) >= 11 is 0. The van der Waals surface area contributed by atoms with Crippen molar-refractivity contribution in [3.63, 3.8) is 0 Å². The van der Waals surface area contributed by atoms with E-state index in [1.807, 2.05) is 48.5 Å². The smallest absolute Gasteiger partial charge is 0.245 e. The van der Waals surface area contributed by atoms with E-state index < -0.39 is 17.7 Å². The van der Waals surface area contributed by atoms with E-state index in [4.69, 9.17) is 11.0 Å². The number of nitrogens with one attached hydrogen (secondary N) is 1. The Morgan fingerprint density at radius 2 is 1.63 bits per heavy atom. The summed E-state index contributed by atoms with van der Waals surface area (Å²) in [5.74, 6) is 4.27. The first-order valence-electron chi connectivity index (χ1n) is 8.63. The van der Waals surface area contributed by atoms with Crippen molar-refractivity contribution in [2.24, 2.45) is 11.8 Å². The van der Waals surface area contributed by atoms with Crippen molar-refractivity contribution in [2.75, 3.05) is 5.01 Å². The van der Waals surface area contributed by atoms with E-state index in [2.05, 4.69) is 0 Å². The number of hydroxylamine groups is 1. The molecule has 3 rings (SSSR count). The summed E-state index contributed by atoms with van der Waals surface area (Å²) in [6.07, 6.45) is 0.167. The monoisotopic (exact) mass is 363 g/mol. The van der Waals surface area contributed by atoms with Gasteiger partial charge in [0.2, 0.25) is 11.8 Å². The Bertz CT molecular complexity index is 944. The van der Waals surface area contributed by atoms with Crippen molar-refractivity contribution in [3.05, 3.63) is 78.4 Å². The van der Waals surface area contributed by atoms with Crippen molar-refractivity contribution < 1.29 is 14.8 Å². The maximum Gasteiger partial charge on any atom is 0.245 e. The second-order valence-corrected chi connectivity index (χ2v) is 6.37. The molecular formula is C21H21N3O3. The molecule has 0 heterocycles. The van der Waals surface area contributed by atoms with Gasteiger partial charge in [-0.1, -0.05) is 60.7 Å². The van der Waals surface area contributed by atoms with E-state index in [-0.39, 0.29) is 6.42 Å². The van der Waals surface area contributed by atoms with Gasteiger partial charge < -0.3 is 0 Å². The van der Waals surface area contributed by atoms with Gasteiger partial charge in [0.1, 0.15) is 0 Å². The SMILES string of the molecule is NN(C(=O)[C@@H](CC(=O)NO)Cc1ccc2ccccc2c1)c1ccccc1. The van der Waals surface area contributed by atoms with Gasteiger partial charge in [0, 0.05) is 6.42 Å². The Morgan fingerprint density at radius 3 is 2.33 bits per heavy atom. The largest absolute Gasteiger partial charge is 0.289 e. The third-order valence-electron chi connectivity index (χ3n) is 4.47. The van der Waals surface area contributed by atoms with E-state index in [0.717, 1.165) is 21.3 Å². The molecule has 0 bridgehead atoms. The minimum atomic E-state index is -0.705. The van der Waals surface area contributed by atoms with Gasteiger partial charge in [0.05, 0.1) is 11.6 Å². The van der Waals surface area contributed by atoms with Crippen molar-refractivity contribution in [1.82, 2.24) is 5.48 Å². The average molecular weight is 363 g/mol. The minimum absolute atomic E-state index is 0.164. The Labute approximate surface area is 157 Å². The highest BCUT2D eigenvalue weighted by Crippen LogP contribution is 2.22.